The number of carbonyl (C=O) groups excluding carboxylic acids is 1. The number of hydrogen-bond donors (Lipinski definition) is 1. The average molecular weight is 419 g/mol. The lowest BCUT2D eigenvalue weighted by atomic mass is 10.1. The Bertz CT molecular complexity index is 1110. The van der Waals surface area contributed by atoms with Gasteiger partial charge in [-0.05, 0) is 61.7 Å². The Morgan fingerprint density at radius 3 is 2.53 bits per heavy atom. The van der Waals surface area contributed by atoms with Gasteiger partial charge in [-0.2, -0.15) is 0 Å². The van der Waals surface area contributed by atoms with Crippen LogP contribution in [0, 0.1) is 13.8 Å². The second kappa shape index (κ2) is 8.97. The van der Waals surface area contributed by atoms with Gasteiger partial charge in [0.25, 0.3) is 5.91 Å². The van der Waals surface area contributed by atoms with E-state index in [1.54, 1.807) is 23.5 Å². The summed E-state index contributed by atoms with van der Waals surface area (Å²) >= 11 is 1.62. The highest BCUT2D eigenvalue weighted by atomic mass is 32.1. The van der Waals surface area contributed by atoms with E-state index in [4.69, 9.17) is 9.15 Å². The second-order valence-corrected chi connectivity index (χ2v) is 8.00. The van der Waals surface area contributed by atoms with Gasteiger partial charge in [0.1, 0.15) is 23.8 Å². The van der Waals surface area contributed by atoms with Crippen molar-refractivity contribution < 1.29 is 13.9 Å². The average Bonchev–Trinajstić information content (AvgIpc) is 3.41. The van der Waals surface area contributed by atoms with Crippen molar-refractivity contribution >= 4 is 17.2 Å². The second-order valence-electron chi connectivity index (χ2n) is 6.96. The molecule has 0 bridgehead atoms. The van der Waals surface area contributed by atoms with Gasteiger partial charge in [0.15, 0.2) is 0 Å². The maximum Gasteiger partial charge on any atom is 0.251 e. The number of hydrogen-bond acceptors (Lipinski definition) is 5. The Kier molecular flexibility index (Phi) is 5.95. The van der Waals surface area contributed by atoms with Crippen LogP contribution in [0.15, 0.2) is 70.5 Å². The largest absolute Gasteiger partial charge is 0.487 e. The number of nitrogens with one attached hydrogen (secondary N) is 1. The SMILES string of the molecule is Cc1ccc(OCc2nc(-c3ccc(C(=O)NCc4cccs4)cc3)oc2C)cc1. The first-order valence-corrected chi connectivity index (χ1v) is 10.5. The molecule has 2 heterocycles. The number of benzene rings is 2. The smallest absolute Gasteiger partial charge is 0.251 e. The van der Waals surface area contributed by atoms with Gasteiger partial charge in [0.05, 0.1) is 6.54 Å². The first kappa shape index (κ1) is 19.9. The normalized spacial score (nSPS) is 10.7. The van der Waals surface area contributed by atoms with Crippen molar-refractivity contribution in [3.8, 4) is 17.2 Å². The predicted molar refractivity (Wildman–Crippen MR) is 118 cm³/mol. The Balaban J connectivity index is 1.39. The molecule has 0 aliphatic rings. The van der Waals surface area contributed by atoms with Crippen LogP contribution in [-0.4, -0.2) is 10.9 Å². The Morgan fingerprint density at radius 1 is 1.07 bits per heavy atom. The zero-order valence-corrected chi connectivity index (χ0v) is 17.7. The van der Waals surface area contributed by atoms with Crippen LogP contribution < -0.4 is 10.1 Å². The molecule has 0 unspecified atom stereocenters. The van der Waals surface area contributed by atoms with Crippen molar-refractivity contribution in [2.45, 2.75) is 27.0 Å². The molecule has 6 heteroatoms. The maximum absolute atomic E-state index is 12.3. The minimum atomic E-state index is -0.106. The number of aryl methyl sites for hydroxylation is 2. The fraction of sp³-hybridized carbons (Fsp3) is 0.167. The van der Waals surface area contributed by atoms with Crippen molar-refractivity contribution in [3.05, 3.63) is 93.5 Å². The topological polar surface area (TPSA) is 64.4 Å². The predicted octanol–water partition coefficient (Wildman–Crippen LogP) is 5.53. The van der Waals surface area contributed by atoms with Gasteiger partial charge >= 0.3 is 0 Å². The molecule has 0 aliphatic heterocycles. The summed E-state index contributed by atoms with van der Waals surface area (Å²) in [6.07, 6.45) is 0. The molecule has 0 aliphatic carbocycles. The van der Waals surface area contributed by atoms with Gasteiger partial charge in [-0.25, -0.2) is 4.98 Å². The first-order valence-electron chi connectivity index (χ1n) is 9.65. The summed E-state index contributed by atoms with van der Waals surface area (Å²) < 4.78 is 11.6. The Hall–Kier alpha value is -3.38. The van der Waals surface area contributed by atoms with Crippen LogP contribution in [0.1, 0.15) is 32.3 Å². The zero-order valence-electron chi connectivity index (χ0n) is 16.8. The number of nitrogens with zero attached hydrogens (tertiary/aromatic N) is 1. The van der Waals surface area contributed by atoms with E-state index in [0.717, 1.165) is 27.6 Å². The van der Waals surface area contributed by atoms with E-state index in [0.29, 0.717) is 24.6 Å². The van der Waals surface area contributed by atoms with Crippen LogP contribution in [0.3, 0.4) is 0 Å². The van der Waals surface area contributed by atoms with Gasteiger partial charge in [-0.3, -0.25) is 4.79 Å². The number of amides is 1. The standard InChI is InChI=1S/C24H22N2O3S/c1-16-5-11-20(12-6-16)28-15-22-17(2)29-24(26-22)19-9-7-18(8-10-19)23(27)25-14-21-4-3-13-30-21/h3-13H,14-15H2,1-2H3,(H,25,27). The minimum Gasteiger partial charge on any atom is -0.487 e. The molecule has 5 nitrogen and oxygen atoms in total. The number of carbonyl (C=O) groups is 1. The Labute approximate surface area is 179 Å². The van der Waals surface area contributed by atoms with Crippen molar-refractivity contribution in [1.29, 1.82) is 0 Å². The van der Waals surface area contributed by atoms with Crippen LogP contribution >= 0.6 is 11.3 Å². The zero-order chi connectivity index (χ0) is 20.9. The van der Waals surface area contributed by atoms with Crippen LogP contribution in [-0.2, 0) is 13.2 Å². The lowest BCUT2D eigenvalue weighted by molar-refractivity contribution is 0.0951. The lowest BCUT2D eigenvalue weighted by Crippen LogP contribution is -2.22. The van der Waals surface area contributed by atoms with Gasteiger partial charge in [-0.15, -0.1) is 11.3 Å². The van der Waals surface area contributed by atoms with E-state index in [2.05, 4.69) is 10.3 Å². The molecule has 4 aromatic rings. The fourth-order valence-electron chi connectivity index (χ4n) is 2.92. The molecule has 1 N–H and O–H groups in total. The third-order valence-corrected chi connectivity index (χ3v) is 5.56. The summed E-state index contributed by atoms with van der Waals surface area (Å²) in [6.45, 7) is 4.77. The number of aromatic nitrogens is 1. The molecule has 152 valence electrons. The fourth-order valence-corrected chi connectivity index (χ4v) is 3.56. The van der Waals surface area contributed by atoms with Crippen molar-refractivity contribution in [2.24, 2.45) is 0 Å². The summed E-state index contributed by atoms with van der Waals surface area (Å²) in [5.74, 6) is 1.92. The van der Waals surface area contributed by atoms with Crippen LogP contribution in [0.5, 0.6) is 5.75 Å². The molecule has 4 rings (SSSR count). The minimum absolute atomic E-state index is 0.106. The molecule has 0 saturated heterocycles. The highest BCUT2D eigenvalue weighted by molar-refractivity contribution is 7.09. The lowest BCUT2D eigenvalue weighted by Gasteiger charge is -2.04. The van der Waals surface area contributed by atoms with E-state index in [9.17, 15) is 4.79 Å². The molecular weight excluding hydrogens is 396 g/mol. The van der Waals surface area contributed by atoms with E-state index in [-0.39, 0.29) is 5.91 Å². The molecule has 0 atom stereocenters. The number of thiophene rings is 1. The summed E-state index contributed by atoms with van der Waals surface area (Å²) in [7, 11) is 0. The summed E-state index contributed by atoms with van der Waals surface area (Å²) in [5, 5.41) is 4.92. The molecular formula is C24H22N2O3S. The van der Waals surface area contributed by atoms with Crippen molar-refractivity contribution in [1.82, 2.24) is 10.3 Å². The third-order valence-electron chi connectivity index (χ3n) is 4.69. The molecule has 2 aromatic carbocycles. The molecule has 0 fully saturated rings. The molecule has 1 amide bonds. The molecule has 0 spiro atoms. The molecule has 30 heavy (non-hydrogen) atoms. The molecule has 0 radical (unpaired) electrons. The van der Waals surface area contributed by atoms with Crippen LogP contribution in [0.2, 0.25) is 0 Å². The van der Waals surface area contributed by atoms with Crippen LogP contribution in [0.25, 0.3) is 11.5 Å². The third kappa shape index (κ3) is 4.78. The highest BCUT2D eigenvalue weighted by Crippen LogP contribution is 2.23. The van der Waals surface area contributed by atoms with Gasteiger partial charge in [0, 0.05) is 16.0 Å². The number of oxazole rings is 1. The first-order chi connectivity index (χ1) is 14.6. The summed E-state index contributed by atoms with van der Waals surface area (Å²) in [5.41, 5.74) is 3.35. The van der Waals surface area contributed by atoms with Gasteiger partial charge in [0.2, 0.25) is 5.89 Å². The van der Waals surface area contributed by atoms with Crippen molar-refractivity contribution in [2.75, 3.05) is 0 Å². The highest BCUT2D eigenvalue weighted by Gasteiger charge is 2.13. The van der Waals surface area contributed by atoms with Crippen LogP contribution in [0.4, 0.5) is 0 Å². The molecule has 0 saturated carbocycles. The maximum atomic E-state index is 12.3. The van der Waals surface area contributed by atoms with Gasteiger partial charge < -0.3 is 14.5 Å². The monoisotopic (exact) mass is 418 g/mol. The van der Waals surface area contributed by atoms with E-state index in [1.165, 1.54) is 5.56 Å². The molecule has 2 aromatic heterocycles. The quantitative estimate of drug-likeness (QED) is 0.429. The Morgan fingerprint density at radius 2 is 1.83 bits per heavy atom. The van der Waals surface area contributed by atoms with Crippen molar-refractivity contribution in [3.63, 3.8) is 0 Å². The number of rotatable bonds is 7. The summed E-state index contributed by atoms with van der Waals surface area (Å²) in [4.78, 5) is 18.0. The number of ether oxygens (including phenoxy) is 1. The van der Waals surface area contributed by atoms with E-state index >= 15 is 0 Å². The summed E-state index contributed by atoms with van der Waals surface area (Å²) in [6, 6.07) is 19.1. The van der Waals surface area contributed by atoms with E-state index < -0.39 is 0 Å². The van der Waals surface area contributed by atoms with E-state index in [1.807, 2.05) is 67.8 Å². The van der Waals surface area contributed by atoms with Gasteiger partial charge in [-0.1, -0.05) is 23.8 Å².